The molecule has 2 atom stereocenters. The second-order valence-corrected chi connectivity index (χ2v) is 5.12. The van der Waals surface area contributed by atoms with E-state index in [1.807, 2.05) is 0 Å². The number of rotatable bonds is 2. The minimum atomic E-state index is -0.329. The maximum absolute atomic E-state index is 11.8. The second-order valence-electron chi connectivity index (χ2n) is 5.12. The van der Waals surface area contributed by atoms with Crippen molar-refractivity contribution in [3.63, 3.8) is 0 Å². The molecular formula is C13H24N3O2. The van der Waals surface area contributed by atoms with Gasteiger partial charge in [-0.15, -0.1) is 0 Å². The van der Waals surface area contributed by atoms with Gasteiger partial charge in [0, 0.05) is 6.54 Å². The average Bonchev–Trinajstić information content (AvgIpc) is 2.74. The van der Waals surface area contributed by atoms with Gasteiger partial charge in [0.25, 0.3) is 0 Å². The van der Waals surface area contributed by atoms with Crippen LogP contribution in [0.15, 0.2) is 0 Å². The molecule has 2 rings (SSSR count). The molecule has 0 spiro atoms. The van der Waals surface area contributed by atoms with Crippen LogP contribution in [0.5, 0.6) is 0 Å². The number of hydrogen-bond donors (Lipinski definition) is 2. The van der Waals surface area contributed by atoms with Crippen molar-refractivity contribution in [3.8, 4) is 0 Å². The van der Waals surface area contributed by atoms with E-state index in [-0.39, 0.29) is 18.5 Å². The summed E-state index contributed by atoms with van der Waals surface area (Å²) in [5.41, 5.74) is 0. The highest BCUT2D eigenvalue weighted by molar-refractivity contribution is 5.67. The first-order valence-electron chi connectivity index (χ1n) is 7.22. The maximum Gasteiger partial charge on any atom is 0.409 e. The van der Waals surface area contributed by atoms with E-state index >= 15 is 0 Å². The Morgan fingerprint density at radius 1 is 1.11 bits per heavy atom. The number of nitrogens with zero attached hydrogens (tertiary/aromatic N) is 1. The SMILES string of the molecule is O=C(NC1CCCCCN1)OC1CCCCC[N]1. The van der Waals surface area contributed by atoms with Crippen molar-refractivity contribution < 1.29 is 9.53 Å². The highest BCUT2D eigenvalue weighted by atomic mass is 16.6. The lowest BCUT2D eigenvalue weighted by Gasteiger charge is -2.20. The van der Waals surface area contributed by atoms with Crippen LogP contribution in [0.4, 0.5) is 4.79 Å². The highest BCUT2D eigenvalue weighted by Crippen LogP contribution is 2.11. The maximum atomic E-state index is 11.8. The van der Waals surface area contributed by atoms with E-state index in [4.69, 9.17) is 4.74 Å². The van der Waals surface area contributed by atoms with Gasteiger partial charge in [0.15, 0.2) is 6.23 Å². The van der Waals surface area contributed by atoms with Crippen LogP contribution in [0.25, 0.3) is 0 Å². The molecule has 1 amide bonds. The van der Waals surface area contributed by atoms with Gasteiger partial charge in [0.05, 0.1) is 6.17 Å². The molecule has 0 bridgehead atoms. The smallest absolute Gasteiger partial charge is 0.409 e. The molecule has 18 heavy (non-hydrogen) atoms. The molecule has 2 aliphatic rings. The van der Waals surface area contributed by atoms with Crippen molar-refractivity contribution in [2.75, 3.05) is 13.1 Å². The Bertz CT molecular complexity index is 221. The van der Waals surface area contributed by atoms with Gasteiger partial charge in [-0.05, 0) is 38.6 Å². The third-order valence-corrected chi connectivity index (χ3v) is 3.54. The molecule has 5 nitrogen and oxygen atoms in total. The van der Waals surface area contributed by atoms with Gasteiger partial charge in [-0.25, -0.2) is 10.1 Å². The third kappa shape index (κ3) is 4.82. The Hall–Kier alpha value is -0.810. The number of carbonyl (C=O) groups is 1. The fraction of sp³-hybridized carbons (Fsp3) is 0.923. The van der Waals surface area contributed by atoms with Gasteiger partial charge in [-0.1, -0.05) is 19.3 Å². The molecule has 2 fully saturated rings. The number of nitrogens with one attached hydrogen (secondary N) is 2. The van der Waals surface area contributed by atoms with Crippen molar-refractivity contribution in [2.24, 2.45) is 0 Å². The molecule has 2 unspecified atom stereocenters. The molecule has 2 saturated heterocycles. The number of ether oxygens (including phenoxy) is 1. The van der Waals surface area contributed by atoms with Crippen LogP contribution in [-0.4, -0.2) is 31.6 Å². The van der Waals surface area contributed by atoms with Crippen molar-refractivity contribution in [1.29, 1.82) is 0 Å². The fourth-order valence-corrected chi connectivity index (χ4v) is 2.48. The zero-order valence-corrected chi connectivity index (χ0v) is 11.0. The van der Waals surface area contributed by atoms with Crippen LogP contribution in [0.3, 0.4) is 0 Å². The molecular weight excluding hydrogens is 230 g/mol. The Kier molecular flexibility index (Phi) is 5.74. The van der Waals surface area contributed by atoms with Crippen LogP contribution < -0.4 is 16.0 Å². The number of hydrogen-bond acceptors (Lipinski definition) is 3. The second kappa shape index (κ2) is 7.59. The highest BCUT2D eigenvalue weighted by Gasteiger charge is 2.19. The van der Waals surface area contributed by atoms with E-state index in [2.05, 4.69) is 16.0 Å². The molecule has 1 radical (unpaired) electrons. The van der Waals surface area contributed by atoms with Gasteiger partial charge in [0.2, 0.25) is 0 Å². The minimum absolute atomic E-state index is 0.0609. The van der Waals surface area contributed by atoms with Crippen molar-refractivity contribution >= 4 is 6.09 Å². The van der Waals surface area contributed by atoms with E-state index in [1.54, 1.807) is 0 Å². The van der Waals surface area contributed by atoms with Gasteiger partial charge in [-0.2, -0.15) is 0 Å². The lowest BCUT2D eigenvalue weighted by molar-refractivity contribution is 0.0696. The summed E-state index contributed by atoms with van der Waals surface area (Å²) in [5, 5.41) is 10.6. The summed E-state index contributed by atoms with van der Waals surface area (Å²) < 4.78 is 5.36. The summed E-state index contributed by atoms with van der Waals surface area (Å²) in [5.74, 6) is 0. The quantitative estimate of drug-likeness (QED) is 0.788. The lowest BCUT2D eigenvalue weighted by atomic mass is 10.2. The van der Waals surface area contributed by atoms with E-state index in [0.717, 1.165) is 45.2 Å². The summed E-state index contributed by atoms with van der Waals surface area (Å²) in [6.07, 6.45) is 8.33. The molecule has 2 aliphatic heterocycles. The number of alkyl carbamates (subject to hydrolysis) is 1. The van der Waals surface area contributed by atoms with E-state index in [9.17, 15) is 4.79 Å². The number of carbonyl (C=O) groups excluding carboxylic acids is 1. The summed E-state index contributed by atoms with van der Waals surface area (Å²) in [4.78, 5) is 11.8. The van der Waals surface area contributed by atoms with Gasteiger partial charge < -0.3 is 10.1 Å². The van der Waals surface area contributed by atoms with Crippen LogP contribution >= 0.6 is 0 Å². The van der Waals surface area contributed by atoms with E-state index in [0.29, 0.717) is 0 Å². The van der Waals surface area contributed by atoms with Gasteiger partial charge in [-0.3, -0.25) is 5.32 Å². The van der Waals surface area contributed by atoms with Crippen molar-refractivity contribution in [1.82, 2.24) is 16.0 Å². The summed E-state index contributed by atoms with van der Waals surface area (Å²) in [6.45, 7) is 1.79. The first-order valence-corrected chi connectivity index (χ1v) is 7.22. The Morgan fingerprint density at radius 2 is 1.94 bits per heavy atom. The van der Waals surface area contributed by atoms with Crippen LogP contribution in [0.1, 0.15) is 51.4 Å². The van der Waals surface area contributed by atoms with Gasteiger partial charge >= 0.3 is 6.09 Å². The molecule has 0 saturated carbocycles. The van der Waals surface area contributed by atoms with Crippen LogP contribution in [-0.2, 0) is 4.74 Å². The summed E-state index contributed by atoms with van der Waals surface area (Å²) >= 11 is 0. The van der Waals surface area contributed by atoms with E-state index < -0.39 is 0 Å². The largest absolute Gasteiger partial charge is 0.429 e. The summed E-state index contributed by atoms with van der Waals surface area (Å²) in [6, 6.07) is 0. The third-order valence-electron chi connectivity index (χ3n) is 3.54. The molecule has 0 aromatic carbocycles. The van der Waals surface area contributed by atoms with Crippen molar-refractivity contribution in [3.05, 3.63) is 0 Å². The monoisotopic (exact) mass is 254 g/mol. The molecule has 0 aromatic rings. The lowest BCUT2D eigenvalue weighted by Crippen LogP contribution is -2.46. The molecule has 0 aromatic heterocycles. The predicted molar refractivity (Wildman–Crippen MR) is 69.1 cm³/mol. The van der Waals surface area contributed by atoms with E-state index in [1.165, 1.54) is 19.3 Å². The molecule has 2 heterocycles. The standard InChI is InChI=1S/C13H24N3O2/c17-13(16-11-7-3-1-5-9-14-11)18-12-8-4-2-6-10-15-12/h11-12,14H,1-10H2,(H,16,17). The van der Waals surface area contributed by atoms with Gasteiger partial charge in [0.1, 0.15) is 0 Å². The predicted octanol–water partition coefficient (Wildman–Crippen LogP) is 1.71. The normalized spacial score (nSPS) is 30.0. The average molecular weight is 254 g/mol. The van der Waals surface area contributed by atoms with Crippen LogP contribution in [0, 0.1) is 0 Å². The molecule has 103 valence electrons. The Labute approximate surface area is 109 Å². The minimum Gasteiger partial charge on any atom is -0.429 e. The summed E-state index contributed by atoms with van der Waals surface area (Å²) in [7, 11) is 0. The Morgan fingerprint density at radius 3 is 2.89 bits per heavy atom. The molecule has 5 heteroatoms. The first kappa shape index (κ1) is 13.6. The molecule has 2 N–H and O–H groups in total. The molecule has 0 aliphatic carbocycles. The number of amides is 1. The zero-order valence-electron chi connectivity index (χ0n) is 11.0. The topological polar surface area (TPSA) is 64.5 Å². The first-order chi connectivity index (χ1) is 8.84. The fourth-order valence-electron chi connectivity index (χ4n) is 2.48. The van der Waals surface area contributed by atoms with Crippen LogP contribution in [0.2, 0.25) is 0 Å². The van der Waals surface area contributed by atoms with Crippen molar-refractivity contribution in [2.45, 2.75) is 63.8 Å². The zero-order chi connectivity index (χ0) is 12.6. The Balaban J connectivity index is 1.69.